The van der Waals surface area contributed by atoms with E-state index in [9.17, 15) is 9.90 Å². The van der Waals surface area contributed by atoms with Crippen LogP contribution < -0.4 is 5.73 Å². The van der Waals surface area contributed by atoms with Crippen molar-refractivity contribution < 1.29 is 9.90 Å². The van der Waals surface area contributed by atoms with Gasteiger partial charge in [0.15, 0.2) is 0 Å². The smallest absolute Gasteiger partial charge is 0.258 e. The molecule has 0 spiro atoms. The predicted molar refractivity (Wildman–Crippen MR) is 76.4 cm³/mol. The number of rotatable bonds is 3. The normalized spacial score (nSPS) is 23.8. The van der Waals surface area contributed by atoms with Crippen LogP contribution in [0.4, 0.5) is 0 Å². The van der Waals surface area contributed by atoms with Crippen LogP contribution in [0, 0.1) is 5.92 Å². The molecule has 0 saturated carbocycles. The van der Waals surface area contributed by atoms with Gasteiger partial charge in [-0.3, -0.25) is 4.79 Å². The van der Waals surface area contributed by atoms with E-state index in [1.807, 2.05) is 0 Å². The second kappa shape index (κ2) is 6.19. The number of hydrogen-bond acceptors (Lipinski definition) is 4. The zero-order valence-corrected chi connectivity index (χ0v) is 12.3. The molecule has 1 atom stereocenters. The van der Waals surface area contributed by atoms with E-state index in [4.69, 9.17) is 5.73 Å². The molecule has 0 aliphatic carbocycles. The Bertz CT molecular complexity index is 394. The van der Waals surface area contributed by atoms with Gasteiger partial charge in [0, 0.05) is 18.7 Å². The van der Waals surface area contributed by atoms with Crippen LogP contribution in [0.15, 0.2) is 16.5 Å². The number of amides is 1. The molecule has 5 heteroatoms. The molecule has 0 aromatic rings. The van der Waals surface area contributed by atoms with Crippen molar-refractivity contribution in [1.29, 1.82) is 0 Å². The number of nitrogens with two attached hydrogens (primary N) is 1. The number of aliphatic hydroxyl groups is 1. The van der Waals surface area contributed by atoms with Gasteiger partial charge in [-0.25, -0.2) is 4.99 Å². The van der Waals surface area contributed by atoms with E-state index in [0.717, 1.165) is 25.0 Å². The first-order chi connectivity index (χ1) is 8.82. The summed E-state index contributed by atoms with van der Waals surface area (Å²) < 4.78 is 0. The maximum absolute atomic E-state index is 12.3. The highest BCUT2D eigenvalue weighted by molar-refractivity contribution is 5.86. The van der Waals surface area contributed by atoms with Crippen LogP contribution in [-0.4, -0.2) is 34.3 Å². The molecule has 1 heterocycles. The Balaban J connectivity index is 3.20. The molecule has 0 bridgehead atoms. The number of nitrogens with zero attached hydrogens (tertiary/aromatic N) is 2. The molecule has 0 radical (unpaired) electrons. The second-order valence-electron chi connectivity index (χ2n) is 5.42. The maximum atomic E-state index is 12.3. The number of piperidine rings is 1. The van der Waals surface area contributed by atoms with Gasteiger partial charge in [-0.2, -0.15) is 0 Å². The quantitative estimate of drug-likeness (QED) is 0.763. The molecule has 1 amide bonds. The molecule has 0 aromatic carbocycles. The van der Waals surface area contributed by atoms with Gasteiger partial charge < -0.3 is 15.7 Å². The van der Waals surface area contributed by atoms with Crippen molar-refractivity contribution in [1.82, 2.24) is 4.90 Å². The average Bonchev–Trinajstić information content (AvgIpc) is 2.36. The lowest BCUT2D eigenvalue weighted by atomic mass is 9.90. The van der Waals surface area contributed by atoms with Crippen LogP contribution >= 0.6 is 0 Å². The van der Waals surface area contributed by atoms with Gasteiger partial charge in [0.25, 0.3) is 5.91 Å². The number of aliphatic imine (C=N–C) groups is 1. The summed E-state index contributed by atoms with van der Waals surface area (Å²) in [6.45, 7) is 7.46. The summed E-state index contributed by atoms with van der Waals surface area (Å²) in [5, 5.41) is 9.93. The van der Waals surface area contributed by atoms with Crippen molar-refractivity contribution in [3.05, 3.63) is 11.5 Å². The number of carbonyl (C=O) groups is 1. The fourth-order valence-electron chi connectivity index (χ4n) is 2.46. The Labute approximate surface area is 115 Å². The van der Waals surface area contributed by atoms with E-state index in [1.54, 1.807) is 18.0 Å². The number of carbonyl (C=O) groups excluding carboxylic acids is 1. The summed E-state index contributed by atoms with van der Waals surface area (Å²) >= 11 is 0. The van der Waals surface area contributed by atoms with Crippen molar-refractivity contribution in [3.8, 4) is 0 Å². The van der Waals surface area contributed by atoms with Crippen molar-refractivity contribution in [2.24, 2.45) is 16.6 Å². The number of likely N-dealkylation sites (tertiary alicyclic amines) is 1. The fourth-order valence-corrected chi connectivity index (χ4v) is 2.46. The highest BCUT2D eigenvalue weighted by Gasteiger charge is 2.36. The summed E-state index contributed by atoms with van der Waals surface area (Å²) in [4.78, 5) is 18.1. The van der Waals surface area contributed by atoms with Gasteiger partial charge in [0.05, 0.1) is 5.70 Å². The van der Waals surface area contributed by atoms with E-state index in [2.05, 4.69) is 11.9 Å². The third-order valence-electron chi connectivity index (χ3n) is 3.40. The summed E-state index contributed by atoms with van der Waals surface area (Å²) in [6.07, 6.45) is 4.45. The first kappa shape index (κ1) is 15.7. The van der Waals surface area contributed by atoms with Crippen LogP contribution in [-0.2, 0) is 4.79 Å². The fraction of sp³-hybridized carbons (Fsp3) is 0.714. The van der Waals surface area contributed by atoms with Gasteiger partial charge in [-0.15, -0.1) is 0 Å². The van der Waals surface area contributed by atoms with Crippen molar-refractivity contribution in [3.63, 3.8) is 0 Å². The van der Waals surface area contributed by atoms with Gasteiger partial charge in [-0.1, -0.05) is 6.92 Å². The number of allylic oxidation sites excluding steroid dienone is 1. The first-order valence-electron chi connectivity index (χ1n) is 6.85. The molecule has 5 nitrogen and oxygen atoms in total. The highest BCUT2D eigenvalue weighted by Crippen LogP contribution is 2.32. The largest absolute Gasteiger partial charge is 0.382 e. The van der Waals surface area contributed by atoms with Gasteiger partial charge in [0.2, 0.25) is 0 Å². The Hall–Kier alpha value is -1.36. The average molecular weight is 267 g/mol. The van der Waals surface area contributed by atoms with Gasteiger partial charge in [0.1, 0.15) is 11.4 Å². The van der Waals surface area contributed by atoms with Crippen LogP contribution in [0.25, 0.3) is 0 Å². The van der Waals surface area contributed by atoms with E-state index in [-0.39, 0.29) is 11.8 Å². The predicted octanol–water partition coefficient (Wildman–Crippen LogP) is 1.62. The minimum atomic E-state index is -1.39. The lowest BCUT2D eigenvalue weighted by Crippen LogP contribution is -2.48. The summed E-state index contributed by atoms with van der Waals surface area (Å²) in [5.74, 6) is 0.297. The third-order valence-corrected chi connectivity index (χ3v) is 3.40. The Morgan fingerprint density at radius 1 is 1.63 bits per heavy atom. The number of hydrogen-bond donors (Lipinski definition) is 2. The molecule has 108 valence electrons. The lowest BCUT2D eigenvalue weighted by molar-refractivity contribution is -0.147. The topological polar surface area (TPSA) is 78.9 Å². The zero-order valence-electron chi connectivity index (χ0n) is 12.3. The van der Waals surface area contributed by atoms with E-state index in [1.165, 1.54) is 13.8 Å². The molecular formula is C14H25N3O2. The second-order valence-corrected chi connectivity index (χ2v) is 5.42. The van der Waals surface area contributed by atoms with Gasteiger partial charge in [-0.05, 0) is 40.0 Å². The Kier molecular flexibility index (Phi) is 5.11. The van der Waals surface area contributed by atoms with Crippen LogP contribution in [0.3, 0.4) is 0 Å². The summed E-state index contributed by atoms with van der Waals surface area (Å²) in [6, 6.07) is 0. The zero-order chi connectivity index (χ0) is 14.6. The molecule has 0 aromatic heterocycles. The van der Waals surface area contributed by atoms with Crippen molar-refractivity contribution >= 4 is 12.1 Å². The highest BCUT2D eigenvalue weighted by atomic mass is 16.3. The summed E-state index contributed by atoms with van der Waals surface area (Å²) in [5.41, 5.74) is 5.37. The Morgan fingerprint density at radius 3 is 2.74 bits per heavy atom. The van der Waals surface area contributed by atoms with Crippen LogP contribution in [0.1, 0.15) is 47.0 Å². The maximum Gasteiger partial charge on any atom is 0.258 e. The van der Waals surface area contributed by atoms with Crippen molar-refractivity contribution in [2.75, 3.05) is 6.54 Å². The molecule has 3 N–H and O–H groups in total. The van der Waals surface area contributed by atoms with E-state index >= 15 is 0 Å². The third kappa shape index (κ3) is 3.56. The molecule has 19 heavy (non-hydrogen) atoms. The monoisotopic (exact) mass is 267 g/mol. The minimum Gasteiger partial charge on any atom is -0.382 e. The Morgan fingerprint density at radius 2 is 2.26 bits per heavy atom. The van der Waals surface area contributed by atoms with Crippen molar-refractivity contribution in [2.45, 2.75) is 52.6 Å². The molecule has 1 rings (SSSR count). The van der Waals surface area contributed by atoms with E-state index < -0.39 is 5.60 Å². The first-order valence-corrected chi connectivity index (χ1v) is 6.85. The standard InChI is InChI=1S/C14H25N3O2/c1-5-10-8-7-9-17(13(18)14(3,4)19)11(10)12(15)16-6-2/h6,10,19H,5,7-9,15H2,1-4H3/t10-/m0/s1. The van der Waals surface area contributed by atoms with Crippen LogP contribution in [0.2, 0.25) is 0 Å². The lowest BCUT2D eigenvalue weighted by Gasteiger charge is -2.38. The SMILES string of the molecule is CC=NC(N)=C1[C@@H](CC)CCCN1C(=O)C(C)(C)O. The molecule has 1 aliphatic heterocycles. The summed E-state index contributed by atoms with van der Waals surface area (Å²) in [7, 11) is 0. The van der Waals surface area contributed by atoms with Gasteiger partial charge >= 0.3 is 0 Å². The molecule has 1 aliphatic rings. The molecule has 1 saturated heterocycles. The molecule has 0 unspecified atom stereocenters. The molecular weight excluding hydrogens is 242 g/mol. The van der Waals surface area contributed by atoms with E-state index in [0.29, 0.717) is 12.4 Å². The minimum absolute atomic E-state index is 0.226. The van der Waals surface area contributed by atoms with Crippen LogP contribution in [0.5, 0.6) is 0 Å². The molecule has 1 fully saturated rings.